The fraction of sp³-hybridized carbons (Fsp3) is 0.474. The minimum absolute atomic E-state index is 0.0904. The number of nitrogens with zero attached hydrogens (tertiary/aromatic N) is 3. The highest BCUT2D eigenvalue weighted by Crippen LogP contribution is 2.47. The van der Waals surface area contributed by atoms with Crippen molar-refractivity contribution >= 4 is 5.69 Å². The van der Waals surface area contributed by atoms with Crippen molar-refractivity contribution in [2.45, 2.75) is 19.4 Å². The monoisotopic (exact) mass is 340 g/mol. The van der Waals surface area contributed by atoms with E-state index in [0.717, 1.165) is 45.6 Å². The van der Waals surface area contributed by atoms with Gasteiger partial charge >= 0.3 is 5.69 Å². The van der Waals surface area contributed by atoms with Crippen LogP contribution in [0, 0.1) is 5.41 Å². The first-order valence-corrected chi connectivity index (χ1v) is 8.96. The Hall–Kier alpha value is -2.34. The number of benzene rings is 1. The molecule has 6 heteroatoms. The molecule has 1 aliphatic carbocycles. The molecule has 2 aliphatic rings. The summed E-state index contributed by atoms with van der Waals surface area (Å²) < 4.78 is 1.35. The van der Waals surface area contributed by atoms with E-state index in [-0.39, 0.29) is 16.7 Å². The SMILES string of the molecule is O=c1cc[nH]c(=O)n1CC1(CN2CCN(c3ccccc3)CC2)CC1. The van der Waals surface area contributed by atoms with Crippen molar-refractivity contribution in [2.24, 2.45) is 5.41 Å². The summed E-state index contributed by atoms with van der Waals surface area (Å²) in [5.41, 5.74) is 0.870. The number of anilines is 1. The van der Waals surface area contributed by atoms with E-state index in [1.165, 1.54) is 22.5 Å². The van der Waals surface area contributed by atoms with E-state index in [9.17, 15) is 9.59 Å². The number of hydrogen-bond acceptors (Lipinski definition) is 4. The lowest BCUT2D eigenvalue weighted by Crippen LogP contribution is -2.49. The van der Waals surface area contributed by atoms with E-state index in [1.54, 1.807) is 0 Å². The molecule has 0 unspecified atom stereocenters. The number of nitrogens with one attached hydrogen (secondary N) is 1. The molecule has 1 saturated heterocycles. The first-order valence-electron chi connectivity index (χ1n) is 8.96. The molecule has 2 heterocycles. The Morgan fingerprint density at radius 3 is 2.28 bits per heavy atom. The average molecular weight is 340 g/mol. The van der Waals surface area contributed by atoms with Gasteiger partial charge in [0.05, 0.1) is 0 Å². The van der Waals surface area contributed by atoms with Crippen LogP contribution in [0.5, 0.6) is 0 Å². The topological polar surface area (TPSA) is 61.3 Å². The van der Waals surface area contributed by atoms with Gasteiger partial charge in [-0.2, -0.15) is 0 Å². The van der Waals surface area contributed by atoms with Gasteiger partial charge in [-0.3, -0.25) is 14.3 Å². The summed E-state index contributed by atoms with van der Waals surface area (Å²) in [6.45, 7) is 5.59. The normalized spacial score (nSPS) is 19.8. The molecular formula is C19H24N4O2. The zero-order valence-electron chi connectivity index (χ0n) is 14.4. The van der Waals surface area contributed by atoms with Gasteiger partial charge in [-0.15, -0.1) is 0 Å². The molecule has 0 spiro atoms. The van der Waals surface area contributed by atoms with Crippen molar-refractivity contribution < 1.29 is 0 Å². The average Bonchev–Trinajstić information content (AvgIpc) is 3.39. The number of H-pyrrole nitrogens is 1. The third kappa shape index (κ3) is 3.54. The minimum atomic E-state index is -0.298. The van der Waals surface area contributed by atoms with Crippen LogP contribution in [-0.4, -0.2) is 47.2 Å². The number of piperazine rings is 1. The maximum Gasteiger partial charge on any atom is 0.328 e. The molecule has 1 aromatic carbocycles. The number of aromatic nitrogens is 2. The van der Waals surface area contributed by atoms with Crippen LogP contribution >= 0.6 is 0 Å². The molecule has 0 bridgehead atoms. The second-order valence-electron chi connectivity index (χ2n) is 7.31. The Balaban J connectivity index is 1.37. The second kappa shape index (κ2) is 6.52. The zero-order chi connectivity index (χ0) is 17.3. The molecule has 2 fully saturated rings. The van der Waals surface area contributed by atoms with Gasteiger partial charge in [-0.1, -0.05) is 18.2 Å². The maximum absolute atomic E-state index is 12.0. The van der Waals surface area contributed by atoms with Crippen LogP contribution in [0.3, 0.4) is 0 Å². The summed E-state index contributed by atoms with van der Waals surface area (Å²) in [4.78, 5) is 31.4. The van der Waals surface area contributed by atoms with E-state index in [0.29, 0.717) is 6.54 Å². The summed E-state index contributed by atoms with van der Waals surface area (Å²) in [5, 5.41) is 0. The molecule has 0 atom stereocenters. The van der Waals surface area contributed by atoms with Gasteiger partial charge in [0.25, 0.3) is 5.56 Å². The molecule has 0 radical (unpaired) electrons. The Morgan fingerprint density at radius 2 is 1.64 bits per heavy atom. The molecule has 25 heavy (non-hydrogen) atoms. The standard InChI is InChI=1S/C19H24N4O2/c24-17-6-9-20-18(25)23(17)15-19(7-8-19)14-21-10-12-22(13-11-21)16-4-2-1-3-5-16/h1-6,9H,7-8,10-15H2,(H,20,25). The highest BCUT2D eigenvalue weighted by atomic mass is 16.2. The van der Waals surface area contributed by atoms with Crippen molar-refractivity contribution in [1.82, 2.24) is 14.5 Å². The van der Waals surface area contributed by atoms with E-state index >= 15 is 0 Å². The smallest absolute Gasteiger partial charge is 0.328 e. The lowest BCUT2D eigenvalue weighted by Gasteiger charge is -2.37. The van der Waals surface area contributed by atoms with Gasteiger partial charge in [-0.05, 0) is 25.0 Å². The summed E-state index contributed by atoms with van der Waals surface area (Å²) in [6.07, 6.45) is 3.60. The molecule has 132 valence electrons. The van der Waals surface area contributed by atoms with Gasteiger partial charge < -0.3 is 9.88 Å². The van der Waals surface area contributed by atoms with Crippen molar-refractivity contribution in [3.05, 3.63) is 63.4 Å². The van der Waals surface area contributed by atoms with Crippen LogP contribution < -0.4 is 16.1 Å². The Kier molecular flexibility index (Phi) is 4.21. The van der Waals surface area contributed by atoms with Crippen LogP contribution in [0.4, 0.5) is 5.69 Å². The van der Waals surface area contributed by atoms with E-state index in [4.69, 9.17) is 0 Å². The van der Waals surface area contributed by atoms with Gasteiger partial charge in [0.2, 0.25) is 0 Å². The van der Waals surface area contributed by atoms with Crippen LogP contribution in [0.15, 0.2) is 52.2 Å². The van der Waals surface area contributed by atoms with Crippen LogP contribution in [0.25, 0.3) is 0 Å². The van der Waals surface area contributed by atoms with E-state index in [2.05, 4.69) is 39.0 Å². The first-order chi connectivity index (χ1) is 12.2. The summed E-state index contributed by atoms with van der Waals surface area (Å²) >= 11 is 0. The van der Waals surface area contributed by atoms with Gasteiger partial charge in [0.1, 0.15) is 0 Å². The van der Waals surface area contributed by atoms with Gasteiger partial charge in [-0.25, -0.2) is 4.79 Å². The van der Waals surface area contributed by atoms with Crippen LogP contribution in [-0.2, 0) is 6.54 Å². The number of para-hydroxylation sites is 1. The van der Waals surface area contributed by atoms with Crippen molar-refractivity contribution in [3.8, 4) is 0 Å². The Labute approximate surface area is 146 Å². The molecular weight excluding hydrogens is 316 g/mol. The first kappa shape index (κ1) is 16.1. The largest absolute Gasteiger partial charge is 0.369 e. The molecule has 6 nitrogen and oxygen atoms in total. The second-order valence-corrected chi connectivity index (χ2v) is 7.31. The molecule has 1 aliphatic heterocycles. The molecule has 2 aromatic rings. The molecule has 1 saturated carbocycles. The fourth-order valence-corrected chi connectivity index (χ4v) is 3.76. The highest BCUT2D eigenvalue weighted by molar-refractivity contribution is 5.46. The number of hydrogen-bond donors (Lipinski definition) is 1. The summed E-state index contributed by atoms with van der Waals surface area (Å²) in [7, 11) is 0. The van der Waals surface area contributed by atoms with Crippen molar-refractivity contribution in [1.29, 1.82) is 0 Å². The predicted molar refractivity (Wildman–Crippen MR) is 98.1 cm³/mol. The van der Waals surface area contributed by atoms with Crippen molar-refractivity contribution in [2.75, 3.05) is 37.6 Å². The zero-order valence-corrected chi connectivity index (χ0v) is 14.4. The van der Waals surface area contributed by atoms with Crippen molar-refractivity contribution in [3.63, 3.8) is 0 Å². The molecule has 0 amide bonds. The number of aromatic amines is 1. The minimum Gasteiger partial charge on any atom is -0.369 e. The quantitative estimate of drug-likeness (QED) is 0.887. The Bertz CT molecular complexity index is 802. The third-order valence-corrected chi connectivity index (χ3v) is 5.45. The lowest BCUT2D eigenvalue weighted by atomic mass is 10.1. The lowest BCUT2D eigenvalue weighted by molar-refractivity contribution is 0.193. The number of rotatable bonds is 5. The van der Waals surface area contributed by atoms with Crippen LogP contribution in [0.1, 0.15) is 12.8 Å². The molecule has 1 aromatic heterocycles. The summed E-state index contributed by atoms with van der Waals surface area (Å²) in [5.74, 6) is 0. The maximum atomic E-state index is 12.0. The predicted octanol–water partition coefficient (Wildman–Crippen LogP) is 1.14. The summed E-state index contributed by atoms with van der Waals surface area (Å²) in [6, 6.07) is 11.9. The van der Waals surface area contributed by atoms with Gasteiger partial charge in [0.15, 0.2) is 0 Å². The van der Waals surface area contributed by atoms with E-state index < -0.39 is 0 Å². The molecule has 4 rings (SSSR count). The molecule has 1 N–H and O–H groups in total. The van der Waals surface area contributed by atoms with Crippen LogP contribution in [0.2, 0.25) is 0 Å². The highest BCUT2D eigenvalue weighted by Gasteiger charge is 2.45. The van der Waals surface area contributed by atoms with Gasteiger partial charge in [0, 0.05) is 62.6 Å². The Morgan fingerprint density at radius 1 is 0.920 bits per heavy atom. The fourth-order valence-electron chi connectivity index (χ4n) is 3.76. The third-order valence-electron chi connectivity index (χ3n) is 5.45. The van der Waals surface area contributed by atoms with E-state index in [1.807, 2.05) is 6.07 Å².